The summed E-state index contributed by atoms with van der Waals surface area (Å²) in [4.78, 5) is 0. The molecule has 4 nitrogen and oxygen atoms in total. The van der Waals surface area contributed by atoms with Gasteiger partial charge >= 0.3 is 0 Å². The minimum Gasteiger partial charge on any atom is -0.384 e. The van der Waals surface area contributed by atoms with E-state index in [1.54, 1.807) is 0 Å². The second-order valence-electron chi connectivity index (χ2n) is 4.25. The lowest BCUT2D eigenvalue weighted by molar-refractivity contribution is 0.540. The molecule has 1 heterocycles. The zero-order valence-corrected chi connectivity index (χ0v) is 8.83. The summed E-state index contributed by atoms with van der Waals surface area (Å²) in [5.74, 6) is 0.799. The van der Waals surface area contributed by atoms with Crippen molar-refractivity contribution in [2.45, 2.75) is 45.3 Å². The van der Waals surface area contributed by atoms with Crippen LogP contribution in [-0.4, -0.2) is 15.8 Å². The Hall–Kier alpha value is -1.03. The summed E-state index contributed by atoms with van der Waals surface area (Å²) < 4.78 is 1.86. The molecule has 1 fully saturated rings. The molecule has 14 heavy (non-hydrogen) atoms. The second-order valence-corrected chi connectivity index (χ2v) is 4.25. The van der Waals surface area contributed by atoms with Crippen molar-refractivity contribution in [3.8, 4) is 0 Å². The lowest BCUT2D eigenvalue weighted by Gasteiger charge is -2.08. The van der Waals surface area contributed by atoms with Crippen LogP contribution in [0.15, 0.2) is 6.20 Å². The molecule has 78 valence electrons. The number of aromatic nitrogens is 2. The highest BCUT2D eigenvalue weighted by Crippen LogP contribution is 2.21. The fourth-order valence-electron chi connectivity index (χ4n) is 1.50. The lowest BCUT2D eigenvalue weighted by Crippen LogP contribution is -2.16. The lowest BCUT2D eigenvalue weighted by atomic mass is 10.3. The van der Waals surface area contributed by atoms with Gasteiger partial charge in [0.05, 0.1) is 6.20 Å². The van der Waals surface area contributed by atoms with Gasteiger partial charge in [-0.15, -0.1) is 0 Å². The van der Waals surface area contributed by atoms with E-state index < -0.39 is 0 Å². The van der Waals surface area contributed by atoms with E-state index in [4.69, 9.17) is 5.73 Å². The van der Waals surface area contributed by atoms with Crippen molar-refractivity contribution in [3.63, 3.8) is 0 Å². The topological polar surface area (TPSA) is 55.9 Å². The van der Waals surface area contributed by atoms with Gasteiger partial charge in [0.25, 0.3) is 0 Å². The third-order valence-corrected chi connectivity index (χ3v) is 2.56. The van der Waals surface area contributed by atoms with E-state index in [2.05, 4.69) is 24.3 Å². The monoisotopic (exact) mass is 194 g/mol. The minimum absolute atomic E-state index is 0.338. The summed E-state index contributed by atoms with van der Waals surface area (Å²) in [5.41, 5.74) is 7.09. The predicted octanol–water partition coefficient (Wildman–Crippen LogP) is 1.30. The Morgan fingerprint density at radius 1 is 1.64 bits per heavy atom. The molecule has 0 amide bonds. The van der Waals surface area contributed by atoms with Gasteiger partial charge in [-0.1, -0.05) is 0 Å². The number of rotatable bonds is 4. The second kappa shape index (κ2) is 3.61. The zero-order chi connectivity index (χ0) is 10.1. The minimum atomic E-state index is 0.338. The molecule has 1 aliphatic carbocycles. The van der Waals surface area contributed by atoms with E-state index in [-0.39, 0.29) is 0 Å². The molecule has 1 aliphatic rings. The van der Waals surface area contributed by atoms with Gasteiger partial charge in [-0.25, -0.2) is 4.68 Å². The highest BCUT2D eigenvalue weighted by molar-refractivity contribution is 5.38. The third-order valence-electron chi connectivity index (χ3n) is 2.56. The van der Waals surface area contributed by atoms with Crippen LogP contribution in [0.4, 0.5) is 5.82 Å². The molecule has 0 bridgehead atoms. The number of hydrogen-bond acceptors (Lipinski definition) is 3. The summed E-state index contributed by atoms with van der Waals surface area (Å²) in [6.07, 6.45) is 4.47. The van der Waals surface area contributed by atoms with Gasteiger partial charge in [0.15, 0.2) is 0 Å². The molecule has 1 aromatic heterocycles. The van der Waals surface area contributed by atoms with E-state index >= 15 is 0 Å². The van der Waals surface area contributed by atoms with Crippen LogP contribution in [0.5, 0.6) is 0 Å². The first-order chi connectivity index (χ1) is 6.68. The van der Waals surface area contributed by atoms with Gasteiger partial charge in [-0.2, -0.15) is 5.10 Å². The van der Waals surface area contributed by atoms with Gasteiger partial charge in [0, 0.05) is 24.2 Å². The predicted molar refractivity (Wildman–Crippen MR) is 56.9 cm³/mol. The summed E-state index contributed by atoms with van der Waals surface area (Å²) >= 11 is 0. The number of hydrogen-bond donors (Lipinski definition) is 2. The Balaban J connectivity index is 2.01. The van der Waals surface area contributed by atoms with Crippen molar-refractivity contribution in [3.05, 3.63) is 11.8 Å². The highest BCUT2D eigenvalue weighted by atomic mass is 15.3. The molecule has 0 radical (unpaired) electrons. The molecule has 0 unspecified atom stereocenters. The van der Waals surface area contributed by atoms with Crippen molar-refractivity contribution in [2.24, 2.45) is 0 Å². The maximum Gasteiger partial charge on any atom is 0.126 e. The average Bonchev–Trinajstić information content (AvgIpc) is 2.87. The van der Waals surface area contributed by atoms with Crippen LogP contribution < -0.4 is 11.1 Å². The maximum absolute atomic E-state index is 5.97. The standard InChI is InChI=1S/C10H18N4/c1-7(2)14-10(11)8(6-13-14)5-12-9-3-4-9/h6-7,9,12H,3-5,11H2,1-2H3. The van der Waals surface area contributed by atoms with Crippen LogP contribution in [0.25, 0.3) is 0 Å². The fourth-order valence-corrected chi connectivity index (χ4v) is 1.50. The summed E-state index contributed by atoms with van der Waals surface area (Å²) in [5, 5.41) is 7.70. The van der Waals surface area contributed by atoms with E-state index in [0.29, 0.717) is 6.04 Å². The molecular formula is C10H18N4. The number of nitrogen functional groups attached to an aromatic ring is 1. The van der Waals surface area contributed by atoms with E-state index in [1.165, 1.54) is 12.8 Å². The van der Waals surface area contributed by atoms with Crippen LogP contribution in [0.1, 0.15) is 38.3 Å². The molecule has 3 N–H and O–H groups in total. The molecule has 1 saturated carbocycles. The Kier molecular flexibility index (Phi) is 2.46. The van der Waals surface area contributed by atoms with Crippen LogP contribution in [0.2, 0.25) is 0 Å². The van der Waals surface area contributed by atoms with E-state index in [0.717, 1.165) is 24.0 Å². The third kappa shape index (κ3) is 1.90. The fraction of sp³-hybridized carbons (Fsp3) is 0.700. The Bertz CT molecular complexity index is 312. The van der Waals surface area contributed by atoms with Gasteiger partial charge in [0.1, 0.15) is 5.82 Å². The largest absolute Gasteiger partial charge is 0.384 e. The molecule has 2 rings (SSSR count). The van der Waals surface area contributed by atoms with Gasteiger partial charge in [-0.3, -0.25) is 0 Å². The Morgan fingerprint density at radius 3 is 2.86 bits per heavy atom. The molecular weight excluding hydrogens is 176 g/mol. The van der Waals surface area contributed by atoms with Gasteiger partial charge < -0.3 is 11.1 Å². The van der Waals surface area contributed by atoms with Crippen LogP contribution in [0, 0.1) is 0 Å². The zero-order valence-electron chi connectivity index (χ0n) is 8.83. The van der Waals surface area contributed by atoms with E-state index in [9.17, 15) is 0 Å². The smallest absolute Gasteiger partial charge is 0.126 e. The van der Waals surface area contributed by atoms with Gasteiger partial charge in [0.2, 0.25) is 0 Å². The summed E-state index contributed by atoms with van der Waals surface area (Å²) in [6.45, 7) is 5.02. The number of anilines is 1. The molecule has 1 aromatic rings. The Labute approximate surface area is 84.5 Å². The molecule has 0 atom stereocenters. The average molecular weight is 194 g/mol. The quantitative estimate of drug-likeness (QED) is 0.759. The molecule has 4 heteroatoms. The van der Waals surface area contributed by atoms with Crippen LogP contribution >= 0.6 is 0 Å². The number of nitrogens with two attached hydrogens (primary N) is 1. The highest BCUT2D eigenvalue weighted by Gasteiger charge is 2.21. The number of nitrogens with zero attached hydrogens (tertiary/aromatic N) is 2. The molecule has 0 aromatic carbocycles. The SMILES string of the molecule is CC(C)n1ncc(CNC2CC2)c1N. The first kappa shape index (κ1) is 9.52. The first-order valence-corrected chi connectivity index (χ1v) is 5.23. The van der Waals surface area contributed by atoms with Crippen molar-refractivity contribution in [2.75, 3.05) is 5.73 Å². The molecule has 0 saturated heterocycles. The van der Waals surface area contributed by atoms with Gasteiger partial charge in [-0.05, 0) is 26.7 Å². The maximum atomic E-state index is 5.97. The van der Waals surface area contributed by atoms with Crippen molar-refractivity contribution < 1.29 is 0 Å². The Morgan fingerprint density at radius 2 is 2.36 bits per heavy atom. The van der Waals surface area contributed by atoms with Crippen LogP contribution in [-0.2, 0) is 6.54 Å². The molecule has 0 aliphatic heterocycles. The summed E-state index contributed by atoms with van der Waals surface area (Å²) in [7, 11) is 0. The van der Waals surface area contributed by atoms with Crippen molar-refractivity contribution in [1.29, 1.82) is 0 Å². The van der Waals surface area contributed by atoms with Crippen molar-refractivity contribution >= 4 is 5.82 Å². The van der Waals surface area contributed by atoms with E-state index in [1.807, 2.05) is 10.9 Å². The number of nitrogens with one attached hydrogen (secondary N) is 1. The first-order valence-electron chi connectivity index (χ1n) is 5.23. The normalized spacial score (nSPS) is 16.5. The van der Waals surface area contributed by atoms with Crippen LogP contribution in [0.3, 0.4) is 0 Å². The van der Waals surface area contributed by atoms with Crippen molar-refractivity contribution in [1.82, 2.24) is 15.1 Å². The molecule has 0 spiro atoms. The summed E-state index contributed by atoms with van der Waals surface area (Å²) in [6, 6.07) is 1.06.